The molecule has 5 aromatic rings. The van der Waals surface area contributed by atoms with Gasteiger partial charge in [0, 0.05) is 55.8 Å². The first-order valence-electron chi connectivity index (χ1n) is 12.8. The average molecular weight is 484 g/mol. The molecule has 0 bridgehead atoms. The summed E-state index contributed by atoms with van der Waals surface area (Å²) in [7, 11) is 0. The number of piperazine rings is 1. The number of hydrogen-bond donors (Lipinski definition) is 0. The molecule has 6 rings (SSSR count). The standard InChI is InChI=1S/C32H29N5/c1-4-10-26(11-5-1)31(27-12-6-2-7-13-27)37-22-20-36(21-23-37)30-24-29(25-16-18-33-19-17-25)34-32(35-30)28-14-8-3-9-15-28/h1-19,24,31H,20-23H2. The van der Waals surface area contributed by atoms with Crippen LogP contribution in [0.15, 0.2) is 122 Å². The summed E-state index contributed by atoms with van der Waals surface area (Å²) in [6, 6.07) is 38.2. The van der Waals surface area contributed by atoms with Gasteiger partial charge in [0.05, 0.1) is 11.7 Å². The molecule has 182 valence electrons. The van der Waals surface area contributed by atoms with Crippen LogP contribution in [-0.2, 0) is 0 Å². The van der Waals surface area contributed by atoms with Crippen LogP contribution in [0.5, 0.6) is 0 Å². The van der Waals surface area contributed by atoms with Crippen LogP contribution in [0.1, 0.15) is 17.2 Å². The van der Waals surface area contributed by atoms with Crippen molar-refractivity contribution in [1.29, 1.82) is 0 Å². The monoisotopic (exact) mass is 483 g/mol. The summed E-state index contributed by atoms with van der Waals surface area (Å²) in [5.74, 6) is 1.72. The van der Waals surface area contributed by atoms with Gasteiger partial charge in [-0.25, -0.2) is 9.97 Å². The van der Waals surface area contributed by atoms with E-state index >= 15 is 0 Å². The molecule has 5 heteroatoms. The van der Waals surface area contributed by atoms with Gasteiger partial charge in [-0.2, -0.15) is 0 Å². The Morgan fingerprint density at radius 1 is 0.568 bits per heavy atom. The molecule has 0 N–H and O–H groups in total. The van der Waals surface area contributed by atoms with E-state index in [0.29, 0.717) is 0 Å². The van der Waals surface area contributed by atoms with Crippen LogP contribution in [0.2, 0.25) is 0 Å². The molecule has 1 aliphatic heterocycles. The molecule has 0 aliphatic carbocycles. The number of benzene rings is 3. The Labute approximate surface area is 218 Å². The molecule has 1 aliphatic rings. The summed E-state index contributed by atoms with van der Waals surface area (Å²) < 4.78 is 0. The SMILES string of the molecule is c1ccc(-c2nc(-c3ccncc3)cc(N3CCN(C(c4ccccc4)c4ccccc4)CC3)n2)cc1. The zero-order valence-corrected chi connectivity index (χ0v) is 20.7. The van der Waals surface area contributed by atoms with Crippen LogP contribution in [0.25, 0.3) is 22.6 Å². The molecule has 0 unspecified atom stereocenters. The Balaban J connectivity index is 1.29. The van der Waals surface area contributed by atoms with E-state index < -0.39 is 0 Å². The van der Waals surface area contributed by atoms with Gasteiger partial charge in [0.15, 0.2) is 5.82 Å². The zero-order valence-electron chi connectivity index (χ0n) is 20.7. The minimum atomic E-state index is 0.238. The lowest BCUT2D eigenvalue weighted by atomic mass is 9.96. The van der Waals surface area contributed by atoms with Gasteiger partial charge >= 0.3 is 0 Å². The Morgan fingerprint density at radius 3 is 1.73 bits per heavy atom. The summed E-state index contributed by atoms with van der Waals surface area (Å²) in [5, 5.41) is 0. The first-order valence-corrected chi connectivity index (χ1v) is 12.8. The minimum absolute atomic E-state index is 0.238. The van der Waals surface area contributed by atoms with Crippen molar-refractivity contribution in [3.63, 3.8) is 0 Å². The molecule has 3 aromatic carbocycles. The van der Waals surface area contributed by atoms with Gasteiger partial charge in [-0.05, 0) is 23.3 Å². The highest BCUT2D eigenvalue weighted by Gasteiger charge is 2.27. The van der Waals surface area contributed by atoms with Gasteiger partial charge in [0.1, 0.15) is 5.82 Å². The molecule has 5 nitrogen and oxygen atoms in total. The van der Waals surface area contributed by atoms with Crippen molar-refractivity contribution < 1.29 is 0 Å². The molecular weight excluding hydrogens is 454 g/mol. The fourth-order valence-electron chi connectivity index (χ4n) is 5.08. The first-order chi connectivity index (χ1) is 18.3. The third-order valence-electron chi connectivity index (χ3n) is 6.95. The van der Waals surface area contributed by atoms with E-state index in [4.69, 9.17) is 9.97 Å². The van der Waals surface area contributed by atoms with E-state index in [1.165, 1.54) is 11.1 Å². The predicted molar refractivity (Wildman–Crippen MR) is 149 cm³/mol. The van der Waals surface area contributed by atoms with Crippen LogP contribution in [0.3, 0.4) is 0 Å². The van der Waals surface area contributed by atoms with E-state index in [2.05, 4.69) is 93.6 Å². The van der Waals surface area contributed by atoms with Crippen molar-refractivity contribution in [3.8, 4) is 22.6 Å². The lowest BCUT2D eigenvalue weighted by molar-refractivity contribution is 0.212. The maximum atomic E-state index is 5.02. The first kappa shape index (κ1) is 23.1. The van der Waals surface area contributed by atoms with Gasteiger partial charge in [0.25, 0.3) is 0 Å². The second-order valence-electron chi connectivity index (χ2n) is 9.28. The second-order valence-corrected chi connectivity index (χ2v) is 9.28. The summed E-state index contributed by atoms with van der Waals surface area (Å²) in [4.78, 5) is 19.1. The zero-order chi connectivity index (χ0) is 24.9. The molecule has 0 amide bonds. The molecule has 0 spiro atoms. The van der Waals surface area contributed by atoms with E-state index in [1.54, 1.807) is 0 Å². The Hall–Kier alpha value is -4.35. The van der Waals surface area contributed by atoms with Gasteiger partial charge in [0.2, 0.25) is 0 Å². The number of aromatic nitrogens is 3. The minimum Gasteiger partial charge on any atom is -0.354 e. The van der Waals surface area contributed by atoms with Crippen molar-refractivity contribution in [3.05, 3.63) is 133 Å². The molecule has 0 radical (unpaired) electrons. The third kappa shape index (κ3) is 5.13. The van der Waals surface area contributed by atoms with Crippen LogP contribution in [-0.4, -0.2) is 46.0 Å². The highest BCUT2D eigenvalue weighted by molar-refractivity contribution is 5.67. The summed E-state index contributed by atoms with van der Waals surface area (Å²) >= 11 is 0. The van der Waals surface area contributed by atoms with Gasteiger partial charge in [-0.3, -0.25) is 9.88 Å². The third-order valence-corrected chi connectivity index (χ3v) is 6.95. The molecule has 0 atom stereocenters. The maximum Gasteiger partial charge on any atom is 0.162 e. The van der Waals surface area contributed by atoms with Crippen LogP contribution in [0, 0.1) is 0 Å². The average Bonchev–Trinajstić information content (AvgIpc) is 2.99. The molecule has 2 aromatic heterocycles. The molecule has 1 fully saturated rings. The second kappa shape index (κ2) is 10.7. The maximum absolute atomic E-state index is 5.02. The van der Waals surface area contributed by atoms with E-state index in [9.17, 15) is 0 Å². The number of hydrogen-bond acceptors (Lipinski definition) is 5. The van der Waals surface area contributed by atoms with Crippen molar-refractivity contribution in [2.45, 2.75) is 6.04 Å². The molecular formula is C32H29N5. The highest BCUT2D eigenvalue weighted by atomic mass is 15.3. The number of anilines is 1. The highest BCUT2D eigenvalue weighted by Crippen LogP contribution is 2.31. The molecule has 0 saturated carbocycles. The van der Waals surface area contributed by atoms with E-state index in [-0.39, 0.29) is 6.04 Å². The van der Waals surface area contributed by atoms with Gasteiger partial charge in [-0.1, -0.05) is 91.0 Å². The fourth-order valence-corrected chi connectivity index (χ4v) is 5.08. The topological polar surface area (TPSA) is 45.2 Å². The largest absolute Gasteiger partial charge is 0.354 e. The van der Waals surface area contributed by atoms with E-state index in [0.717, 1.165) is 54.6 Å². The normalized spacial score (nSPS) is 14.1. The quantitative estimate of drug-likeness (QED) is 0.291. The lowest BCUT2D eigenvalue weighted by Crippen LogP contribution is -2.48. The van der Waals surface area contributed by atoms with Gasteiger partial charge < -0.3 is 4.90 Å². The smallest absolute Gasteiger partial charge is 0.162 e. The van der Waals surface area contributed by atoms with Crippen LogP contribution in [0.4, 0.5) is 5.82 Å². The van der Waals surface area contributed by atoms with Crippen LogP contribution >= 0.6 is 0 Å². The Bertz CT molecular complexity index is 1320. The Kier molecular flexibility index (Phi) is 6.69. The summed E-state index contributed by atoms with van der Waals surface area (Å²) in [6.45, 7) is 3.70. The molecule has 1 saturated heterocycles. The number of rotatable bonds is 6. The molecule has 37 heavy (non-hydrogen) atoms. The number of pyridine rings is 1. The summed E-state index contributed by atoms with van der Waals surface area (Å²) in [6.07, 6.45) is 3.62. The lowest BCUT2D eigenvalue weighted by Gasteiger charge is -2.40. The van der Waals surface area contributed by atoms with Crippen molar-refractivity contribution in [1.82, 2.24) is 19.9 Å². The van der Waals surface area contributed by atoms with Crippen LogP contribution < -0.4 is 4.90 Å². The fraction of sp³-hybridized carbons (Fsp3) is 0.156. The van der Waals surface area contributed by atoms with Crippen molar-refractivity contribution >= 4 is 5.82 Å². The van der Waals surface area contributed by atoms with Crippen molar-refractivity contribution in [2.75, 3.05) is 31.1 Å². The predicted octanol–water partition coefficient (Wildman–Crippen LogP) is 6.12. The molecule has 3 heterocycles. The van der Waals surface area contributed by atoms with Gasteiger partial charge in [-0.15, -0.1) is 0 Å². The van der Waals surface area contributed by atoms with E-state index in [1.807, 2.05) is 42.7 Å². The Morgan fingerprint density at radius 2 is 1.14 bits per heavy atom. The number of nitrogens with zero attached hydrogens (tertiary/aromatic N) is 5. The van der Waals surface area contributed by atoms with Crippen molar-refractivity contribution in [2.24, 2.45) is 0 Å². The summed E-state index contributed by atoms with van der Waals surface area (Å²) in [5.41, 5.74) is 5.64.